The van der Waals surface area contributed by atoms with Crippen molar-refractivity contribution in [3.63, 3.8) is 0 Å². The Morgan fingerprint density at radius 3 is 1.85 bits per heavy atom. The first kappa shape index (κ1) is 11.5. The summed E-state index contributed by atoms with van der Waals surface area (Å²) in [6, 6.07) is 22.1. The molecule has 0 radical (unpaired) electrons. The van der Waals surface area contributed by atoms with E-state index in [1.165, 1.54) is 43.4 Å². The highest BCUT2D eigenvalue weighted by Gasteiger charge is 2.07. The largest absolute Gasteiger partial charge is 0.0616 e. The molecule has 0 aromatic heterocycles. The van der Waals surface area contributed by atoms with Crippen LogP contribution in [0.25, 0.3) is 32.3 Å². The van der Waals surface area contributed by atoms with Crippen molar-refractivity contribution in [1.29, 1.82) is 0 Å². The number of rotatable bonds is 0. The van der Waals surface area contributed by atoms with E-state index in [-0.39, 0.29) is 0 Å². The van der Waals surface area contributed by atoms with E-state index in [1.54, 1.807) is 0 Å². The van der Waals surface area contributed by atoms with Gasteiger partial charge < -0.3 is 0 Å². The van der Waals surface area contributed by atoms with Gasteiger partial charge in [-0.25, -0.2) is 0 Å². The lowest BCUT2D eigenvalue weighted by Gasteiger charge is -2.11. The molecule has 4 aromatic carbocycles. The number of hydrogen-bond donors (Lipinski definition) is 0. The van der Waals surface area contributed by atoms with Crippen molar-refractivity contribution in [1.82, 2.24) is 0 Å². The lowest BCUT2D eigenvalue weighted by atomic mass is 9.93. The Kier molecular flexibility index (Phi) is 2.34. The Morgan fingerprint density at radius 1 is 0.450 bits per heavy atom. The molecular weight excluding hydrogens is 240 g/mol. The normalized spacial score (nSPS) is 11.5. The monoisotopic (exact) mass is 256 g/mol. The van der Waals surface area contributed by atoms with Gasteiger partial charge in [-0.05, 0) is 57.3 Å². The van der Waals surface area contributed by atoms with Gasteiger partial charge in [0.05, 0.1) is 0 Å². The smallest absolute Gasteiger partial charge is 0.00962 e. The molecule has 20 heavy (non-hydrogen) atoms. The quantitative estimate of drug-likeness (QED) is 0.351. The molecule has 0 amide bonds. The molecule has 0 fully saturated rings. The molecule has 0 saturated carbocycles. The second kappa shape index (κ2) is 4.08. The van der Waals surface area contributed by atoms with Gasteiger partial charge in [-0.2, -0.15) is 0 Å². The van der Waals surface area contributed by atoms with Crippen molar-refractivity contribution < 1.29 is 0 Å². The molecular formula is C20H16. The molecule has 4 aromatic rings. The van der Waals surface area contributed by atoms with E-state index in [1.807, 2.05) is 0 Å². The lowest BCUT2D eigenvalue weighted by molar-refractivity contribution is 1.53. The SMILES string of the molecule is Cc1cc2c3cccc(C)c3ccc2c2ccccc12. The third-order valence-corrected chi connectivity index (χ3v) is 4.32. The minimum absolute atomic E-state index is 1.34. The Balaban J connectivity index is 2.33. The Morgan fingerprint density at radius 2 is 1.00 bits per heavy atom. The Hall–Kier alpha value is -2.34. The summed E-state index contributed by atoms with van der Waals surface area (Å²) in [6.45, 7) is 4.39. The maximum atomic E-state index is 2.33. The second-order valence-electron chi connectivity index (χ2n) is 5.57. The summed E-state index contributed by atoms with van der Waals surface area (Å²) in [5.74, 6) is 0. The molecule has 0 atom stereocenters. The molecule has 0 bridgehead atoms. The highest BCUT2D eigenvalue weighted by molar-refractivity contribution is 6.18. The van der Waals surface area contributed by atoms with E-state index in [9.17, 15) is 0 Å². The molecule has 0 aliphatic carbocycles. The second-order valence-corrected chi connectivity index (χ2v) is 5.57. The molecule has 96 valence electrons. The van der Waals surface area contributed by atoms with Crippen LogP contribution in [-0.4, -0.2) is 0 Å². The fraction of sp³-hybridized carbons (Fsp3) is 0.100. The van der Waals surface area contributed by atoms with Crippen LogP contribution in [0.1, 0.15) is 11.1 Å². The summed E-state index contributed by atoms with van der Waals surface area (Å²) in [6.07, 6.45) is 0. The van der Waals surface area contributed by atoms with Gasteiger partial charge in [0.2, 0.25) is 0 Å². The highest BCUT2D eigenvalue weighted by atomic mass is 14.1. The van der Waals surface area contributed by atoms with E-state index >= 15 is 0 Å². The average Bonchev–Trinajstić information content (AvgIpc) is 2.48. The van der Waals surface area contributed by atoms with Crippen LogP contribution in [0.3, 0.4) is 0 Å². The van der Waals surface area contributed by atoms with Crippen LogP contribution >= 0.6 is 0 Å². The number of fused-ring (bicyclic) bond motifs is 5. The van der Waals surface area contributed by atoms with E-state index < -0.39 is 0 Å². The predicted molar refractivity (Wildman–Crippen MR) is 88.4 cm³/mol. The maximum absolute atomic E-state index is 2.33. The predicted octanol–water partition coefficient (Wildman–Crippen LogP) is 5.76. The van der Waals surface area contributed by atoms with Crippen molar-refractivity contribution in [2.45, 2.75) is 13.8 Å². The summed E-state index contributed by atoms with van der Waals surface area (Å²) < 4.78 is 0. The molecule has 4 rings (SSSR count). The summed E-state index contributed by atoms with van der Waals surface area (Å²) in [5.41, 5.74) is 2.69. The molecule has 0 aliphatic rings. The van der Waals surface area contributed by atoms with Crippen LogP contribution in [0.2, 0.25) is 0 Å². The number of aryl methyl sites for hydroxylation is 2. The standard InChI is InChI=1S/C20H16/c1-13-6-5-9-18-16(13)10-11-19-17-8-4-3-7-15(17)14(2)12-20(18)19/h3-12H,1-2H3. The van der Waals surface area contributed by atoms with Crippen molar-refractivity contribution in [2.75, 3.05) is 0 Å². The van der Waals surface area contributed by atoms with Gasteiger partial charge in [0.15, 0.2) is 0 Å². The van der Waals surface area contributed by atoms with Gasteiger partial charge >= 0.3 is 0 Å². The van der Waals surface area contributed by atoms with Crippen molar-refractivity contribution in [3.8, 4) is 0 Å². The number of benzene rings is 4. The molecule has 0 N–H and O–H groups in total. The fourth-order valence-corrected chi connectivity index (χ4v) is 3.28. The van der Waals surface area contributed by atoms with Gasteiger partial charge in [0.1, 0.15) is 0 Å². The van der Waals surface area contributed by atoms with Gasteiger partial charge in [-0.1, -0.05) is 60.7 Å². The van der Waals surface area contributed by atoms with Crippen LogP contribution in [0.15, 0.2) is 60.7 Å². The van der Waals surface area contributed by atoms with Crippen LogP contribution in [0, 0.1) is 13.8 Å². The minimum atomic E-state index is 1.34. The summed E-state index contributed by atoms with van der Waals surface area (Å²) in [7, 11) is 0. The van der Waals surface area contributed by atoms with Crippen molar-refractivity contribution in [2.24, 2.45) is 0 Å². The zero-order valence-corrected chi connectivity index (χ0v) is 11.8. The molecule has 0 saturated heterocycles. The summed E-state index contributed by atoms with van der Waals surface area (Å²) in [5, 5.41) is 8.13. The first-order chi connectivity index (χ1) is 9.75. The summed E-state index contributed by atoms with van der Waals surface area (Å²) >= 11 is 0. The molecule has 0 unspecified atom stereocenters. The molecule has 0 aliphatic heterocycles. The van der Waals surface area contributed by atoms with Crippen LogP contribution in [-0.2, 0) is 0 Å². The first-order valence-corrected chi connectivity index (χ1v) is 7.06. The van der Waals surface area contributed by atoms with Crippen molar-refractivity contribution in [3.05, 3.63) is 71.8 Å². The number of hydrogen-bond acceptors (Lipinski definition) is 0. The van der Waals surface area contributed by atoms with E-state index in [2.05, 4.69) is 74.5 Å². The van der Waals surface area contributed by atoms with Crippen LogP contribution in [0.5, 0.6) is 0 Å². The fourth-order valence-electron chi connectivity index (χ4n) is 3.28. The topological polar surface area (TPSA) is 0 Å². The molecule has 0 spiro atoms. The first-order valence-electron chi connectivity index (χ1n) is 7.06. The molecule has 0 heterocycles. The van der Waals surface area contributed by atoms with Gasteiger partial charge in [0.25, 0.3) is 0 Å². The third-order valence-electron chi connectivity index (χ3n) is 4.32. The average molecular weight is 256 g/mol. The molecule has 0 nitrogen and oxygen atoms in total. The Bertz CT molecular complexity index is 962. The maximum Gasteiger partial charge on any atom is -0.00962 e. The highest BCUT2D eigenvalue weighted by Crippen LogP contribution is 2.34. The van der Waals surface area contributed by atoms with Crippen LogP contribution in [0.4, 0.5) is 0 Å². The lowest BCUT2D eigenvalue weighted by Crippen LogP contribution is -1.85. The minimum Gasteiger partial charge on any atom is -0.0616 e. The Labute approximate surface area is 118 Å². The zero-order valence-electron chi connectivity index (χ0n) is 11.8. The summed E-state index contributed by atoms with van der Waals surface area (Å²) in [4.78, 5) is 0. The van der Waals surface area contributed by atoms with Gasteiger partial charge in [-0.3, -0.25) is 0 Å². The van der Waals surface area contributed by atoms with Gasteiger partial charge in [-0.15, -0.1) is 0 Å². The van der Waals surface area contributed by atoms with E-state index in [4.69, 9.17) is 0 Å². The molecule has 0 heteroatoms. The van der Waals surface area contributed by atoms with Crippen LogP contribution < -0.4 is 0 Å². The third kappa shape index (κ3) is 1.48. The zero-order chi connectivity index (χ0) is 13.7. The van der Waals surface area contributed by atoms with Gasteiger partial charge in [0, 0.05) is 0 Å². The van der Waals surface area contributed by atoms with E-state index in [0.29, 0.717) is 0 Å². The van der Waals surface area contributed by atoms with E-state index in [0.717, 1.165) is 0 Å². The van der Waals surface area contributed by atoms with Crippen molar-refractivity contribution >= 4 is 32.3 Å².